The van der Waals surface area contributed by atoms with Crippen LogP contribution in [-0.2, 0) is 14.6 Å². The molecule has 0 aliphatic carbocycles. The molecule has 1 aromatic carbocycles. The zero-order valence-corrected chi connectivity index (χ0v) is 13.5. The van der Waals surface area contributed by atoms with Crippen molar-refractivity contribution in [3.05, 3.63) is 42.0 Å². The molecule has 0 fully saturated rings. The summed E-state index contributed by atoms with van der Waals surface area (Å²) in [6.45, 7) is 2.88. The van der Waals surface area contributed by atoms with Gasteiger partial charge in [0.15, 0.2) is 9.84 Å². The van der Waals surface area contributed by atoms with Gasteiger partial charge in [-0.1, -0.05) is 37.3 Å². The summed E-state index contributed by atoms with van der Waals surface area (Å²) in [6, 6.07) is 6.14. The average molecular weight is 349 g/mol. The molecular formula is C15H18F3NO3S. The summed E-state index contributed by atoms with van der Waals surface area (Å²) in [5.74, 6) is -1.41. The lowest BCUT2D eigenvalue weighted by Gasteiger charge is -2.15. The topological polar surface area (TPSA) is 63.2 Å². The molecule has 1 atom stereocenters. The van der Waals surface area contributed by atoms with Crippen LogP contribution in [0.4, 0.5) is 13.2 Å². The highest BCUT2D eigenvalue weighted by Gasteiger charge is 2.35. The quantitative estimate of drug-likeness (QED) is 0.803. The van der Waals surface area contributed by atoms with E-state index in [0.29, 0.717) is 6.08 Å². The molecule has 4 nitrogen and oxygen atoms in total. The van der Waals surface area contributed by atoms with Gasteiger partial charge in [0.1, 0.15) is 0 Å². The molecule has 0 aliphatic heterocycles. The molecule has 0 saturated carbocycles. The first-order valence-corrected chi connectivity index (χ1v) is 8.72. The van der Waals surface area contributed by atoms with Gasteiger partial charge >= 0.3 is 6.18 Å². The van der Waals surface area contributed by atoms with E-state index in [1.165, 1.54) is 38.1 Å². The van der Waals surface area contributed by atoms with Gasteiger partial charge < -0.3 is 5.32 Å². The van der Waals surface area contributed by atoms with Crippen LogP contribution in [0.1, 0.15) is 19.4 Å². The molecule has 0 bridgehead atoms. The van der Waals surface area contributed by atoms with Crippen molar-refractivity contribution in [2.45, 2.75) is 26.1 Å². The fourth-order valence-corrected chi connectivity index (χ4v) is 2.98. The summed E-state index contributed by atoms with van der Waals surface area (Å²) in [7, 11) is -3.33. The molecule has 8 heteroatoms. The highest BCUT2D eigenvalue weighted by Crippen LogP contribution is 2.33. The second-order valence-electron chi connectivity index (χ2n) is 5.03. The second kappa shape index (κ2) is 7.63. The average Bonchev–Trinajstić information content (AvgIpc) is 2.43. The van der Waals surface area contributed by atoms with E-state index in [1.807, 2.05) is 0 Å². The number of carbonyl (C=O) groups excluding carboxylic acids is 1. The summed E-state index contributed by atoms with van der Waals surface area (Å²) < 4.78 is 62.2. The Hall–Kier alpha value is -1.83. The summed E-state index contributed by atoms with van der Waals surface area (Å²) in [6.07, 6.45) is -4.25. The third kappa shape index (κ3) is 6.43. The van der Waals surface area contributed by atoms with Gasteiger partial charge in [0.05, 0.1) is 11.3 Å². The van der Waals surface area contributed by atoms with Crippen molar-refractivity contribution >= 4 is 21.3 Å². The SMILES string of the molecule is CCS(=O)(=O)CC(C)NC(=O)/C=C(/c1ccccc1)C(F)(F)F. The number of sulfone groups is 1. The number of carbonyl (C=O) groups is 1. The summed E-state index contributed by atoms with van der Waals surface area (Å²) in [5, 5.41) is 2.25. The monoisotopic (exact) mass is 349 g/mol. The van der Waals surface area contributed by atoms with Crippen molar-refractivity contribution in [2.75, 3.05) is 11.5 Å². The Morgan fingerprint density at radius 2 is 1.83 bits per heavy atom. The van der Waals surface area contributed by atoms with Gasteiger partial charge in [-0.05, 0) is 12.5 Å². The molecule has 0 aliphatic rings. The van der Waals surface area contributed by atoms with E-state index in [-0.39, 0.29) is 17.1 Å². The summed E-state index contributed by atoms with van der Waals surface area (Å²) in [5.41, 5.74) is -1.22. The lowest BCUT2D eigenvalue weighted by atomic mass is 10.1. The van der Waals surface area contributed by atoms with Crippen molar-refractivity contribution in [2.24, 2.45) is 0 Å². The highest BCUT2D eigenvalue weighted by atomic mass is 32.2. The molecule has 0 heterocycles. The van der Waals surface area contributed by atoms with E-state index >= 15 is 0 Å². The zero-order valence-electron chi connectivity index (χ0n) is 12.7. The lowest BCUT2D eigenvalue weighted by molar-refractivity contribution is -0.117. The Balaban J connectivity index is 2.94. The Bertz CT molecular complexity index is 667. The van der Waals surface area contributed by atoms with E-state index in [9.17, 15) is 26.4 Å². The molecule has 1 rings (SSSR count). The fraction of sp³-hybridized carbons (Fsp3) is 0.400. The van der Waals surface area contributed by atoms with Crippen molar-refractivity contribution < 1.29 is 26.4 Å². The molecule has 1 N–H and O–H groups in total. The number of rotatable bonds is 6. The predicted octanol–water partition coefficient (Wildman–Crippen LogP) is 2.57. The highest BCUT2D eigenvalue weighted by molar-refractivity contribution is 7.91. The van der Waals surface area contributed by atoms with Gasteiger partial charge in [-0.3, -0.25) is 4.79 Å². The minimum absolute atomic E-state index is 0.0964. The minimum atomic E-state index is -4.70. The van der Waals surface area contributed by atoms with Crippen LogP contribution in [0.25, 0.3) is 5.57 Å². The van der Waals surface area contributed by atoms with E-state index in [0.717, 1.165) is 0 Å². The van der Waals surface area contributed by atoms with Gasteiger partial charge in [-0.25, -0.2) is 8.42 Å². The van der Waals surface area contributed by atoms with E-state index < -0.39 is 33.5 Å². The zero-order chi connectivity index (χ0) is 17.7. The first kappa shape index (κ1) is 19.2. The molecule has 0 spiro atoms. The van der Waals surface area contributed by atoms with Crippen molar-refractivity contribution in [1.29, 1.82) is 0 Å². The molecule has 0 radical (unpaired) electrons. The number of nitrogens with one attached hydrogen (secondary N) is 1. The largest absolute Gasteiger partial charge is 0.417 e. The smallest absolute Gasteiger partial charge is 0.349 e. The molecule has 0 aromatic heterocycles. The Morgan fingerprint density at radius 1 is 1.26 bits per heavy atom. The number of hydrogen-bond donors (Lipinski definition) is 1. The number of benzene rings is 1. The van der Waals surface area contributed by atoms with E-state index in [4.69, 9.17) is 0 Å². The number of amides is 1. The fourth-order valence-electron chi connectivity index (χ4n) is 1.90. The van der Waals surface area contributed by atoms with Crippen LogP contribution in [0.5, 0.6) is 0 Å². The molecular weight excluding hydrogens is 331 g/mol. The van der Waals surface area contributed by atoms with Gasteiger partial charge in [0, 0.05) is 17.9 Å². The third-order valence-corrected chi connectivity index (χ3v) is 4.89. The minimum Gasteiger partial charge on any atom is -0.349 e. The molecule has 1 aromatic rings. The lowest BCUT2D eigenvalue weighted by Crippen LogP contribution is -2.37. The van der Waals surface area contributed by atoms with Crippen LogP contribution >= 0.6 is 0 Å². The predicted molar refractivity (Wildman–Crippen MR) is 82.4 cm³/mol. The molecule has 128 valence electrons. The van der Waals surface area contributed by atoms with Crippen LogP contribution in [0, 0.1) is 0 Å². The molecule has 23 heavy (non-hydrogen) atoms. The maximum Gasteiger partial charge on any atom is 0.417 e. The number of alkyl halides is 3. The number of hydrogen-bond acceptors (Lipinski definition) is 3. The van der Waals surface area contributed by atoms with E-state index in [2.05, 4.69) is 5.32 Å². The van der Waals surface area contributed by atoms with Crippen molar-refractivity contribution in [3.63, 3.8) is 0 Å². The van der Waals surface area contributed by atoms with Gasteiger partial charge in [-0.15, -0.1) is 0 Å². The number of halogens is 3. The van der Waals surface area contributed by atoms with Gasteiger partial charge in [0.25, 0.3) is 0 Å². The van der Waals surface area contributed by atoms with E-state index in [1.54, 1.807) is 6.07 Å². The first-order chi connectivity index (χ1) is 10.5. The third-order valence-electron chi connectivity index (χ3n) is 3.00. The van der Waals surface area contributed by atoms with Gasteiger partial charge in [0.2, 0.25) is 5.91 Å². The normalized spacial score (nSPS) is 14.4. The maximum absolute atomic E-state index is 13.1. The Labute approximate surface area is 133 Å². The summed E-state index contributed by atoms with van der Waals surface area (Å²) >= 11 is 0. The van der Waals surface area contributed by atoms with Crippen LogP contribution < -0.4 is 5.32 Å². The van der Waals surface area contributed by atoms with Crippen LogP contribution in [0.2, 0.25) is 0 Å². The van der Waals surface area contributed by atoms with Crippen molar-refractivity contribution in [3.8, 4) is 0 Å². The van der Waals surface area contributed by atoms with Crippen LogP contribution in [-0.4, -0.2) is 38.0 Å². The second-order valence-corrected chi connectivity index (χ2v) is 7.43. The number of allylic oxidation sites excluding steroid dienone is 1. The maximum atomic E-state index is 13.1. The summed E-state index contributed by atoms with van der Waals surface area (Å²) in [4.78, 5) is 11.8. The first-order valence-electron chi connectivity index (χ1n) is 6.90. The van der Waals surface area contributed by atoms with Crippen molar-refractivity contribution in [1.82, 2.24) is 5.32 Å². The van der Waals surface area contributed by atoms with Crippen LogP contribution in [0.3, 0.4) is 0 Å². The standard InChI is InChI=1S/C15H18F3NO3S/c1-3-23(21,22)10-11(2)19-14(20)9-13(15(16,17)18)12-7-5-4-6-8-12/h4-9,11H,3,10H2,1-2H3,(H,19,20)/b13-9-. The molecule has 1 amide bonds. The van der Waals surface area contributed by atoms with Gasteiger partial charge in [-0.2, -0.15) is 13.2 Å². The Morgan fingerprint density at radius 3 is 2.30 bits per heavy atom. The van der Waals surface area contributed by atoms with Crippen LogP contribution in [0.15, 0.2) is 36.4 Å². The Kier molecular flexibility index (Phi) is 6.37. The molecule has 0 saturated heterocycles. The molecule has 1 unspecified atom stereocenters.